The van der Waals surface area contributed by atoms with Gasteiger partial charge in [0.05, 0.1) is 15.6 Å². The number of hydrogen-bond donors (Lipinski definition) is 2. The molecule has 0 atom stereocenters. The van der Waals surface area contributed by atoms with E-state index in [2.05, 4.69) is 4.72 Å². The lowest BCUT2D eigenvalue weighted by Crippen LogP contribution is -2.14. The van der Waals surface area contributed by atoms with Gasteiger partial charge in [-0.3, -0.25) is 4.72 Å². The van der Waals surface area contributed by atoms with Crippen LogP contribution in [0.3, 0.4) is 0 Å². The van der Waals surface area contributed by atoms with Gasteiger partial charge in [0.15, 0.2) is 0 Å². The minimum absolute atomic E-state index is 0.122. The van der Waals surface area contributed by atoms with E-state index >= 15 is 0 Å². The predicted molar refractivity (Wildman–Crippen MR) is 87.2 cm³/mol. The molecule has 0 heterocycles. The number of nitrogens with two attached hydrogens (primary N) is 1. The van der Waals surface area contributed by atoms with Crippen molar-refractivity contribution in [3.63, 3.8) is 0 Å². The first-order valence-electron chi connectivity index (χ1n) is 6.51. The van der Waals surface area contributed by atoms with Gasteiger partial charge in [-0.1, -0.05) is 36.7 Å². The summed E-state index contributed by atoms with van der Waals surface area (Å²) in [5.41, 5.74) is 8.39. The van der Waals surface area contributed by atoms with Crippen LogP contribution in [0.1, 0.15) is 18.1 Å². The van der Waals surface area contributed by atoms with E-state index in [9.17, 15) is 8.42 Å². The second-order valence-corrected chi connectivity index (χ2v) is 6.84. The number of para-hydroxylation sites is 1. The van der Waals surface area contributed by atoms with E-state index in [0.29, 0.717) is 16.4 Å². The molecular formula is C15H17ClN2O2S. The van der Waals surface area contributed by atoms with Crippen LogP contribution in [0.4, 0.5) is 11.4 Å². The van der Waals surface area contributed by atoms with Crippen molar-refractivity contribution in [2.45, 2.75) is 25.2 Å². The van der Waals surface area contributed by atoms with Crippen LogP contribution < -0.4 is 10.5 Å². The van der Waals surface area contributed by atoms with Crippen molar-refractivity contribution in [2.75, 3.05) is 10.5 Å². The fourth-order valence-corrected chi connectivity index (χ4v) is 3.53. The molecule has 2 aromatic rings. The standard InChI is InChI=1S/C15H17ClN2O2S/c1-3-11-7-8-12(9-14(11)17)21(19,20)18-15-10(2)5-4-6-13(15)16/h4-9,18H,3,17H2,1-2H3. The smallest absolute Gasteiger partial charge is 0.262 e. The molecule has 21 heavy (non-hydrogen) atoms. The van der Waals surface area contributed by atoms with E-state index in [-0.39, 0.29) is 4.90 Å². The molecule has 0 amide bonds. The van der Waals surface area contributed by atoms with Crippen molar-refractivity contribution in [3.8, 4) is 0 Å². The Morgan fingerprint density at radius 1 is 1.24 bits per heavy atom. The second-order valence-electron chi connectivity index (χ2n) is 4.75. The third kappa shape index (κ3) is 3.31. The molecule has 3 N–H and O–H groups in total. The zero-order valence-corrected chi connectivity index (χ0v) is 13.4. The molecule has 0 aliphatic rings. The van der Waals surface area contributed by atoms with E-state index in [1.165, 1.54) is 6.07 Å². The van der Waals surface area contributed by atoms with Crippen LogP contribution >= 0.6 is 11.6 Å². The Balaban J connectivity index is 2.41. The average Bonchev–Trinajstić information content (AvgIpc) is 2.43. The third-order valence-electron chi connectivity index (χ3n) is 3.27. The molecule has 0 spiro atoms. The number of rotatable bonds is 4. The van der Waals surface area contributed by atoms with Crippen molar-refractivity contribution in [3.05, 3.63) is 52.5 Å². The summed E-state index contributed by atoms with van der Waals surface area (Å²) >= 11 is 6.05. The van der Waals surface area contributed by atoms with Crippen molar-refractivity contribution >= 4 is 33.0 Å². The lowest BCUT2D eigenvalue weighted by molar-refractivity contribution is 0.601. The van der Waals surface area contributed by atoms with Crippen LogP contribution in [0.5, 0.6) is 0 Å². The summed E-state index contributed by atoms with van der Waals surface area (Å²) in [6, 6.07) is 9.93. The first-order valence-corrected chi connectivity index (χ1v) is 8.37. The number of nitrogens with one attached hydrogen (secondary N) is 1. The molecule has 0 unspecified atom stereocenters. The summed E-state index contributed by atoms with van der Waals surface area (Å²) in [5.74, 6) is 0. The van der Waals surface area contributed by atoms with Crippen molar-refractivity contribution in [2.24, 2.45) is 0 Å². The number of nitrogen functional groups attached to an aromatic ring is 1. The lowest BCUT2D eigenvalue weighted by atomic mass is 10.1. The highest BCUT2D eigenvalue weighted by molar-refractivity contribution is 7.92. The van der Waals surface area contributed by atoms with Crippen molar-refractivity contribution < 1.29 is 8.42 Å². The molecule has 0 aromatic heterocycles. The zero-order valence-electron chi connectivity index (χ0n) is 11.9. The quantitative estimate of drug-likeness (QED) is 0.844. The van der Waals surface area contributed by atoms with Gasteiger partial charge in [0.25, 0.3) is 10.0 Å². The zero-order chi connectivity index (χ0) is 15.6. The molecule has 0 bridgehead atoms. The number of sulfonamides is 1. The Kier molecular flexibility index (Phi) is 4.44. The van der Waals surface area contributed by atoms with Gasteiger partial charge in [-0.15, -0.1) is 0 Å². The summed E-state index contributed by atoms with van der Waals surface area (Å²) in [5, 5.41) is 0.358. The van der Waals surface area contributed by atoms with Gasteiger partial charge in [0.1, 0.15) is 0 Å². The fourth-order valence-electron chi connectivity index (χ4n) is 2.02. The lowest BCUT2D eigenvalue weighted by Gasteiger charge is -2.13. The van der Waals surface area contributed by atoms with E-state index in [1.54, 1.807) is 37.3 Å². The number of halogens is 1. The molecule has 4 nitrogen and oxygen atoms in total. The summed E-state index contributed by atoms with van der Waals surface area (Å²) in [6.07, 6.45) is 0.753. The second kappa shape index (κ2) is 5.95. The Morgan fingerprint density at radius 3 is 2.52 bits per heavy atom. The van der Waals surface area contributed by atoms with E-state index in [1.807, 2.05) is 6.92 Å². The Morgan fingerprint density at radius 2 is 1.95 bits per heavy atom. The Labute approximate surface area is 130 Å². The van der Waals surface area contributed by atoms with Crippen LogP contribution in [0.25, 0.3) is 0 Å². The first kappa shape index (κ1) is 15.7. The van der Waals surface area contributed by atoms with Gasteiger partial charge in [0.2, 0.25) is 0 Å². The highest BCUT2D eigenvalue weighted by Gasteiger charge is 2.17. The van der Waals surface area contributed by atoms with Gasteiger partial charge in [-0.05, 0) is 42.7 Å². The average molecular weight is 325 g/mol. The van der Waals surface area contributed by atoms with Gasteiger partial charge in [-0.25, -0.2) is 8.42 Å². The summed E-state index contributed by atoms with van der Waals surface area (Å²) in [6.45, 7) is 3.75. The molecular weight excluding hydrogens is 308 g/mol. The summed E-state index contributed by atoms with van der Waals surface area (Å²) in [4.78, 5) is 0.122. The Bertz CT molecular complexity index is 753. The summed E-state index contributed by atoms with van der Waals surface area (Å²) in [7, 11) is -3.72. The first-order chi connectivity index (χ1) is 9.85. The maximum Gasteiger partial charge on any atom is 0.262 e. The Hall–Kier alpha value is -1.72. The van der Waals surface area contributed by atoms with Gasteiger partial charge >= 0.3 is 0 Å². The van der Waals surface area contributed by atoms with Crippen molar-refractivity contribution in [1.82, 2.24) is 0 Å². The molecule has 0 saturated heterocycles. The predicted octanol–water partition coefficient (Wildman–Crippen LogP) is 3.59. The maximum absolute atomic E-state index is 12.4. The van der Waals surface area contributed by atoms with E-state index in [0.717, 1.165) is 17.5 Å². The number of anilines is 2. The molecule has 2 aromatic carbocycles. The molecule has 0 saturated carbocycles. The maximum atomic E-state index is 12.4. The minimum Gasteiger partial charge on any atom is -0.398 e. The normalized spacial score (nSPS) is 11.4. The molecule has 0 aliphatic heterocycles. The highest BCUT2D eigenvalue weighted by atomic mass is 35.5. The third-order valence-corrected chi connectivity index (χ3v) is 4.93. The van der Waals surface area contributed by atoms with Crippen LogP contribution in [-0.4, -0.2) is 8.42 Å². The van der Waals surface area contributed by atoms with Gasteiger partial charge in [0, 0.05) is 5.69 Å². The van der Waals surface area contributed by atoms with Crippen LogP contribution in [0.15, 0.2) is 41.3 Å². The largest absolute Gasteiger partial charge is 0.398 e. The van der Waals surface area contributed by atoms with Crippen LogP contribution in [0.2, 0.25) is 5.02 Å². The number of aryl methyl sites for hydroxylation is 2. The topological polar surface area (TPSA) is 72.2 Å². The monoisotopic (exact) mass is 324 g/mol. The summed E-state index contributed by atoms with van der Waals surface area (Å²) < 4.78 is 27.4. The fraction of sp³-hybridized carbons (Fsp3) is 0.200. The van der Waals surface area contributed by atoms with Crippen molar-refractivity contribution in [1.29, 1.82) is 0 Å². The molecule has 0 radical (unpaired) electrons. The van der Waals surface area contributed by atoms with Crippen LogP contribution in [0, 0.1) is 6.92 Å². The molecule has 0 fully saturated rings. The minimum atomic E-state index is -3.72. The van der Waals surface area contributed by atoms with E-state index < -0.39 is 10.0 Å². The van der Waals surface area contributed by atoms with E-state index in [4.69, 9.17) is 17.3 Å². The van der Waals surface area contributed by atoms with Gasteiger partial charge < -0.3 is 5.73 Å². The van der Waals surface area contributed by atoms with Gasteiger partial charge in [-0.2, -0.15) is 0 Å². The molecule has 2 rings (SSSR count). The molecule has 0 aliphatic carbocycles. The molecule has 6 heteroatoms. The number of benzene rings is 2. The highest BCUT2D eigenvalue weighted by Crippen LogP contribution is 2.28. The number of hydrogen-bond acceptors (Lipinski definition) is 3. The molecule has 112 valence electrons. The SMILES string of the molecule is CCc1ccc(S(=O)(=O)Nc2c(C)cccc2Cl)cc1N. The van der Waals surface area contributed by atoms with Crippen LogP contribution in [-0.2, 0) is 16.4 Å².